The van der Waals surface area contributed by atoms with E-state index in [2.05, 4.69) is 11.5 Å². The van der Waals surface area contributed by atoms with Crippen LogP contribution in [0.4, 0.5) is 0 Å². The summed E-state index contributed by atoms with van der Waals surface area (Å²) in [5.74, 6) is 0.521. The number of hydrogen-bond acceptors (Lipinski definition) is 3. The third kappa shape index (κ3) is 6.19. The summed E-state index contributed by atoms with van der Waals surface area (Å²) in [5.41, 5.74) is 0. The number of hydrogen-bond donors (Lipinski definition) is 0. The minimum Gasteiger partial charge on any atom is -0.610 e. The van der Waals surface area contributed by atoms with Crippen molar-refractivity contribution in [1.29, 1.82) is 0 Å². The zero-order valence-electron chi connectivity index (χ0n) is 6.27. The van der Waals surface area contributed by atoms with Gasteiger partial charge in [-0.2, -0.15) is 0 Å². The molecule has 4 heteroatoms. The van der Waals surface area contributed by atoms with Gasteiger partial charge in [0.15, 0.2) is 6.47 Å². The predicted molar refractivity (Wildman–Crippen MR) is 39.5 cm³/mol. The first kappa shape index (κ1) is 14.0. The Morgan fingerprint density at radius 3 is 2.08 bits per heavy atom. The molecular formula is C8H6O3Y-2. The van der Waals surface area contributed by atoms with Crippen LogP contribution in [0.3, 0.4) is 0 Å². The van der Waals surface area contributed by atoms with E-state index in [0.29, 0.717) is 5.75 Å². The van der Waals surface area contributed by atoms with Crippen LogP contribution in [0.15, 0.2) is 30.3 Å². The first-order valence-electron chi connectivity index (χ1n) is 2.76. The first-order valence-corrected chi connectivity index (χ1v) is 2.76. The molecule has 0 bridgehead atoms. The maximum atomic E-state index is 9.63. The van der Waals surface area contributed by atoms with Gasteiger partial charge in [0.1, 0.15) is 0 Å². The van der Waals surface area contributed by atoms with Gasteiger partial charge in [-0.15, -0.1) is 12.1 Å². The molecule has 1 radical (unpaired) electrons. The molecule has 0 aliphatic heterocycles. The Balaban J connectivity index is 0. The number of carbonyl (C=O) groups excluding carboxylic acids is 2. The fourth-order valence-electron chi connectivity index (χ4n) is 0.537. The molecule has 0 saturated heterocycles. The third-order valence-corrected chi connectivity index (χ3v) is 0.903. The van der Waals surface area contributed by atoms with Gasteiger partial charge in [0, 0.05) is 32.7 Å². The monoisotopic (exact) mass is 239 g/mol. The molecule has 0 atom stereocenters. The number of para-hydroxylation sites is 1. The van der Waals surface area contributed by atoms with Crippen LogP contribution in [0.1, 0.15) is 0 Å². The number of ether oxygens (including phenoxy) is 1. The van der Waals surface area contributed by atoms with Crippen LogP contribution in [0.2, 0.25) is 0 Å². The van der Waals surface area contributed by atoms with Crippen molar-refractivity contribution in [1.82, 2.24) is 0 Å². The van der Waals surface area contributed by atoms with E-state index in [9.17, 15) is 4.79 Å². The Kier molecular flexibility index (Phi) is 12.2. The Morgan fingerprint density at radius 2 is 1.67 bits per heavy atom. The fourth-order valence-corrected chi connectivity index (χ4v) is 0.537. The molecule has 0 aromatic heterocycles. The van der Waals surface area contributed by atoms with E-state index in [1.807, 2.05) is 6.07 Å². The quantitative estimate of drug-likeness (QED) is 0.567. The van der Waals surface area contributed by atoms with Gasteiger partial charge in [0.2, 0.25) is 0 Å². The summed E-state index contributed by atoms with van der Waals surface area (Å²) in [5, 5.41) is 0. The summed E-state index contributed by atoms with van der Waals surface area (Å²) >= 11 is 0. The van der Waals surface area contributed by atoms with E-state index in [4.69, 9.17) is 4.79 Å². The summed E-state index contributed by atoms with van der Waals surface area (Å²) < 4.78 is 4.40. The van der Waals surface area contributed by atoms with Crippen molar-refractivity contribution in [2.24, 2.45) is 0 Å². The van der Waals surface area contributed by atoms with Crippen LogP contribution in [0, 0.1) is 0 Å². The average Bonchev–Trinajstić information content (AvgIpc) is 2.11. The minimum absolute atomic E-state index is 0. The Bertz CT molecular complexity index is 201. The molecule has 12 heavy (non-hydrogen) atoms. The summed E-state index contributed by atoms with van der Waals surface area (Å²) in [6.45, 7) is 4.58. The number of rotatable bonds is 2. The molecule has 0 aliphatic rings. The summed E-state index contributed by atoms with van der Waals surface area (Å²) in [6, 6.07) is 8.78. The molecule has 0 aliphatic carbocycles. The van der Waals surface area contributed by atoms with Crippen LogP contribution >= 0.6 is 0 Å². The second kappa shape index (κ2) is 10.5. The third-order valence-electron chi connectivity index (χ3n) is 0.903. The van der Waals surface area contributed by atoms with Crippen LogP contribution < -0.4 is 4.74 Å². The number of benzene rings is 1. The molecule has 0 saturated carbocycles. The van der Waals surface area contributed by atoms with Crippen molar-refractivity contribution < 1.29 is 47.0 Å². The second-order valence-electron chi connectivity index (χ2n) is 1.50. The fraction of sp³-hybridized carbons (Fsp3) is 0. The van der Waals surface area contributed by atoms with Crippen molar-refractivity contribution in [2.75, 3.05) is 0 Å². The molecule has 61 valence electrons. The van der Waals surface area contributed by atoms with Crippen LogP contribution in [-0.4, -0.2) is 13.3 Å². The molecule has 1 aromatic rings. The largest absolute Gasteiger partial charge is 0.610 e. The van der Waals surface area contributed by atoms with Gasteiger partial charge >= 0.3 is 0 Å². The maximum absolute atomic E-state index is 9.63. The molecule has 0 heterocycles. The molecular weight excluding hydrogens is 233 g/mol. The molecule has 3 nitrogen and oxygen atoms in total. The van der Waals surface area contributed by atoms with Crippen molar-refractivity contribution in [2.45, 2.75) is 0 Å². The van der Waals surface area contributed by atoms with Gasteiger partial charge in [0.05, 0.1) is 0 Å². The van der Waals surface area contributed by atoms with Crippen LogP contribution in [-0.2, 0) is 42.3 Å². The zero-order valence-corrected chi connectivity index (χ0v) is 9.10. The Hall–Kier alpha value is -0.536. The van der Waals surface area contributed by atoms with E-state index in [1.165, 1.54) is 6.47 Å². The predicted octanol–water partition coefficient (Wildman–Crippen LogP) is 0.856. The standard InChI is InChI=1S/C7H5O2.CHO.Y/c8-6-9-7-4-2-1-3-5-7;1-2;/h1-5H;1H;/q2*-1;. The van der Waals surface area contributed by atoms with Crippen molar-refractivity contribution in [3.63, 3.8) is 0 Å². The summed E-state index contributed by atoms with van der Waals surface area (Å²) in [4.78, 5) is 17.4. The Morgan fingerprint density at radius 1 is 1.17 bits per heavy atom. The van der Waals surface area contributed by atoms with Crippen molar-refractivity contribution in [3.05, 3.63) is 30.3 Å². The molecule has 0 spiro atoms. The van der Waals surface area contributed by atoms with Gasteiger partial charge in [0.25, 0.3) is 0 Å². The van der Waals surface area contributed by atoms with Crippen LogP contribution in [0.5, 0.6) is 5.75 Å². The summed E-state index contributed by atoms with van der Waals surface area (Å²) in [6.07, 6.45) is 0. The SMILES string of the molecule is O=[C-]Oc1ccccc1.[CH-]=O.[Y]. The van der Waals surface area contributed by atoms with Gasteiger partial charge in [-0.05, 0) is 5.75 Å². The normalized spacial score (nSPS) is 6.67. The molecule has 0 N–H and O–H groups in total. The molecule has 1 aromatic carbocycles. The van der Waals surface area contributed by atoms with Gasteiger partial charge in [-0.25, -0.2) is 0 Å². The molecule has 0 unspecified atom stereocenters. The van der Waals surface area contributed by atoms with Gasteiger partial charge in [-0.1, -0.05) is 18.2 Å². The van der Waals surface area contributed by atoms with Gasteiger partial charge in [-0.3, -0.25) is 6.79 Å². The van der Waals surface area contributed by atoms with Crippen LogP contribution in [0.25, 0.3) is 0 Å². The van der Waals surface area contributed by atoms with E-state index in [1.54, 1.807) is 24.3 Å². The van der Waals surface area contributed by atoms with Crippen molar-refractivity contribution in [3.8, 4) is 5.75 Å². The second-order valence-corrected chi connectivity index (χ2v) is 1.50. The van der Waals surface area contributed by atoms with Crippen molar-refractivity contribution >= 4 is 13.3 Å². The average molecular weight is 239 g/mol. The van der Waals surface area contributed by atoms with E-state index < -0.39 is 0 Å². The minimum atomic E-state index is 0. The molecule has 0 fully saturated rings. The topological polar surface area (TPSA) is 43.4 Å². The van der Waals surface area contributed by atoms with E-state index >= 15 is 0 Å². The smallest absolute Gasteiger partial charge is 0.170 e. The Labute approximate surface area is 96.0 Å². The maximum Gasteiger partial charge on any atom is 0.170 e. The van der Waals surface area contributed by atoms with E-state index in [0.717, 1.165) is 0 Å². The first-order chi connectivity index (χ1) is 5.43. The van der Waals surface area contributed by atoms with Gasteiger partial charge < -0.3 is 14.3 Å². The molecule has 0 amide bonds. The van der Waals surface area contributed by atoms with E-state index in [-0.39, 0.29) is 32.7 Å². The summed E-state index contributed by atoms with van der Waals surface area (Å²) in [7, 11) is 0. The molecule has 1 rings (SSSR count). The zero-order chi connectivity index (χ0) is 8.53.